The first-order valence-electron chi connectivity index (χ1n) is 9.29. The quantitative estimate of drug-likeness (QED) is 0.437. The van der Waals surface area contributed by atoms with Crippen molar-refractivity contribution in [3.8, 4) is 22.8 Å². The lowest BCUT2D eigenvalue weighted by Crippen LogP contribution is -2.21. The van der Waals surface area contributed by atoms with Crippen molar-refractivity contribution in [3.63, 3.8) is 0 Å². The number of anilines is 1. The SMILES string of the molecule is O=C(COC(=O)c1ccccc1-c1ncc(-c2ccccc2)o1)Nc1ccc(Cl)cn1. The molecule has 2 aromatic carbocycles. The molecule has 1 N–H and O–H groups in total. The number of hydrogen-bond acceptors (Lipinski definition) is 6. The maximum Gasteiger partial charge on any atom is 0.339 e. The minimum atomic E-state index is -0.672. The third-order valence-electron chi connectivity index (χ3n) is 4.27. The highest BCUT2D eigenvalue weighted by Gasteiger charge is 2.19. The molecule has 1 amide bonds. The van der Waals surface area contributed by atoms with Crippen LogP contribution in [-0.2, 0) is 9.53 Å². The molecule has 0 aliphatic rings. The van der Waals surface area contributed by atoms with Crippen molar-refractivity contribution in [1.82, 2.24) is 9.97 Å². The molecule has 0 unspecified atom stereocenters. The molecule has 7 nitrogen and oxygen atoms in total. The van der Waals surface area contributed by atoms with Gasteiger partial charge in [0.15, 0.2) is 12.4 Å². The molecule has 8 heteroatoms. The average Bonchev–Trinajstić information content (AvgIpc) is 3.30. The van der Waals surface area contributed by atoms with Gasteiger partial charge >= 0.3 is 5.97 Å². The number of carbonyl (C=O) groups is 2. The molecule has 0 saturated heterocycles. The number of rotatable bonds is 6. The van der Waals surface area contributed by atoms with Gasteiger partial charge in [0.25, 0.3) is 5.91 Å². The Morgan fingerprint density at radius 3 is 2.48 bits per heavy atom. The minimum absolute atomic E-state index is 0.237. The second-order valence-electron chi connectivity index (χ2n) is 6.43. The summed E-state index contributed by atoms with van der Waals surface area (Å²) in [7, 11) is 0. The van der Waals surface area contributed by atoms with Crippen molar-refractivity contribution < 1.29 is 18.7 Å². The highest BCUT2D eigenvalue weighted by Crippen LogP contribution is 2.28. The third kappa shape index (κ3) is 4.96. The van der Waals surface area contributed by atoms with Crippen molar-refractivity contribution in [3.05, 3.63) is 89.7 Å². The number of nitrogens with zero attached hydrogens (tertiary/aromatic N) is 2. The summed E-state index contributed by atoms with van der Waals surface area (Å²) in [6, 6.07) is 19.4. The zero-order chi connectivity index (χ0) is 21.6. The Morgan fingerprint density at radius 1 is 0.935 bits per heavy atom. The van der Waals surface area contributed by atoms with Crippen LogP contribution < -0.4 is 5.32 Å². The van der Waals surface area contributed by atoms with E-state index in [0.29, 0.717) is 22.2 Å². The normalized spacial score (nSPS) is 10.5. The molecule has 2 aromatic heterocycles. The van der Waals surface area contributed by atoms with Crippen LogP contribution in [0.4, 0.5) is 5.82 Å². The van der Waals surface area contributed by atoms with E-state index in [2.05, 4.69) is 15.3 Å². The second-order valence-corrected chi connectivity index (χ2v) is 6.86. The van der Waals surface area contributed by atoms with Crippen LogP contribution in [0.2, 0.25) is 5.02 Å². The molecule has 4 aromatic rings. The lowest BCUT2D eigenvalue weighted by Gasteiger charge is -2.08. The van der Waals surface area contributed by atoms with E-state index in [4.69, 9.17) is 20.8 Å². The average molecular weight is 434 g/mol. The lowest BCUT2D eigenvalue weighted by molar-refractivity contribution is -0.119. The molecular formula is C23H16ClN3O4. The first kappa shape index (κ1) is 20.3. The standard InChI is InChI=1S/C23H16ClN3O4/c24-16-10-11-20(25-12-16)27-21(28)14-30-23(29)18-9-5-4-8-17(18)22-26-13-19(31-22)15-6-2-1-3-7-15/h1-13H,14H2,(H,25,27,28). The van der Waals surface area contributed by atoms with Gasteiger partial charge in [-0.25, -0.2) is 14.8 Å². The highest BCUT2D eigenvalue weighted by atomic mass is 35.5. The highest BCUT2D eigenvalue weighted by molar-refractivity contribution is 6.30. The number of ether oxygens (including phenoxy) is 1. The van der Waals surface area contributed by atoms with E-state index in [1.807, 2.05) is 30.3 Å². The van der Waals surface area contributed by atoms with Crippen LogP contribution in [0.1, 0.15) is 10.4 Å². The fourth-order valence-electron chi connectivity index (χ4n) is 2.82. The summed E-state index contributed by atoms with van der Waals surface area (Å²) in [5.74, 6) is -0.0358. The Bertz CT molecular complexity index is 1210. The molecule has 0 aliphatic heterocycles. The Hall–Kier alpha value is -3.97. The second kappa shape index (κ2) is 9.23. The summed E-state index contributed by atoms with van der Waals surface area (Å²) in [5, 5.41) is 2.97. The van der Waals surface area contributed by atoms with E-state index in [9.17, 15) is 9.59 Å². The van der Waals surface area contributed by atoms with Crippen LogP contribution >= 0.6 is 11.6 Å². The number of amides is 1. The molecule has 0 atom stereocenters. The third-order valence-corrected chi connectivity index (χ3v) is 4.49. The zero-order valence-corrected chi connectivity index (χ0v) is 16.9. The molecule has 31 heavy (non-hydrogen) atoms. The number of hydrogen-bond donors (Lipinski definition) is 1. The Morgan fingerprint density at radius 2 is 1.71 bits per heavy atom. The first-order chi connectivity index (χ1) is 15.1. The van der Waals surface area contributed by atoms with Crippen LogP contribution in [0.15, 0.2) is 83.5 Å². The fourth-order valence-corrected chi connectivity index (χ4v) is 2.93. The molecule has 4 rings (SSSR count). The van der Waals surface area contributed by atoms with Crippen LogP contribution in [0.5, 0.6) is 0 Å². The predicted molar refractivity (Wildman–Crippen MR) is 116 cm³/mol. The molecule has 2 heterocycles. The molecular weight excluding hydrogens is 418 g/mol. The van der Waals surface area contributed by atoms with Crippen LogP contribution in [0.3, 0.4) is 0 Å². The summed E-state index contributed by atoms with van der Waals surface area (Å²) in [6.07, 6.45) is 3.00. The van der Waals surface area contributed by atoms with Gasteiger partial charge in [0.2, 0.25) is 5.89 Å². The van der Waals surface area contributed by atoms with Gasteiger partial charge in [-0.2, -0.15) is 0 Å². The number of nitrogens with one attached hydrogen (secondary N) is 1. The van der Waals surface area contributed by atoms with Crippen LogP contribution in [-0.4, -0.2) is 28.5 Å². The van der Waals surface area contributed by atoms with E-state index in [1.165, 1.54) is 6.20 Å². The molecule has 0 bridgehead atoms. The van der Waals surface area contributed by atoms with Gasteiger partial charge in [0.05, 0.1) is 22.3 Å². The molecule has 0 aliphatic carbocycles. The lowest BCUT2D eigenvalue weighted by atomic mass is 10.1. The smallest absolute Gasteiger partial charge is 0.339 e. The summed E-state index contributed by atoms with van der Waals surface area (Å²) in [5.41, 5.74) is 1.57. The van der Waals surface area contributed by atoms with Crippen LogP contribution in [0.25, 0.3) is 22.8 Å². The van der Waals surface area contributed by atoms with Gasteiger partial charge < -0.3 is 14.5 Å². The number of esters is 1. The van der Waals surface area contributed by atoms with Gasteiger partial charge in [0.1, 0.15) is 5.82 Å². The Balaban J connectivity index is 1.45. The molecule has 154 valence electrons. The Kier molecular flexibility index (Phi) is 6.05. The summed E-state index contributed by atoms with van der Waals surface area (Å²) in [6.45, 7) is -0.474. The number of benzene rings is 2. The molecule has 0 radical (unpaired) electrons. The van der Waals surface area contributed by atoms with Crippen molar-refractivity contribution in [2.45, 2.75) is 0 Å². The van der Waals surface area contributed by atoms with Gasteiger partial charge in [-0.05, 0) is 24.3 Å². The molecule has 0 spiro atoms. The largest absolute Gasteiger partial charge is 0.452 e. The summed E-state index contributed by atoms with van der Waals surface area (Å²) >= 11 is 5.76. The summed E-state index contributed by atoms with van der Waals surface area (Å²) < 4.78 is 11.0. The topological polar surface area (TPSA) is 94.3 Å². The van der Waals surface area contributed by atoms with Gasteiger partial charge in [-0.15, -0.1) is 0 Å². The fraction of sp³-hybridized carbons (Fsp3) is 0.0435. The van der Waals surface area contributed by atoms with E-state index >= 15 is 0 Å². The van der Waals surface area contributed by atoms with E-state index in [1.54, 1.807) is 42.6 Å². The molecule has 0 saturated carbocycles. The van der Waals surface area contributed by atoms with Gasteiger partial charge in [-0.3, -0.25) is 4.79 Å². The number of halogens is 1. The van der Waals surface area contributed by atoms with Crippen molar-refractivity contribution in [2.75, 3.05) is 11.9 Å². The van der Waals surface area contributed by atoms with E-state index in [0.717, 1.165) is 5.56 Å². The van der Waals surface area contributed by atoms with Crippen molar-refractivity contribution >= 4 is 29.3 Å². The van der Waals surface area contributed by atoms with Gasteiger partial charge in [0, 0.05) is 11.8 Å². The molecule has 0 fully saturated rings. The first-order valence-corrected chi connectivity index (χ1v) is 9.67. The number of carbonyl (C=O) groups excluding carboxylic acids is 2. The minimum Gasteiger partial charge on any atom is -0.452 e. The monoisotopic (exact) mass is 433 g/mol. The number of oxazole rings is 1. The van der Waals surface area contributed by atoms with E-state index in [-0.39, 0.29) is 11.5 Å². The van der Waals surface area contributed by atoms with Crippen molar-refractivity contribution in [1.29, 1.82) is 0 Å². The van der Waals surface area contributed by atoms with Gasteiger partial charge in [-0.1, -0.05) is 54.1 Å². The number of aromatic nitrogens is 2. The predicted octanol–water partition coefficient (Wildman–Crippen LogP) is 4.85. The maximum atomic E-state index is 12.6. The van der Waals surface area contributed by atoms with E-state index < -0.39 is 18.5 Å². The number of pyridine rings is 1. The summed E-state index contributed by atoms with van der Waals surface area (Å²) in [4.78, 5) is 32.9. The zero-order valence-electron chi connectivity index (χ0n) is 16.1. The maximum absolute atomic E-state index is 12.6. The van der Waals surface area contributed by atoms with Crippen LogP contribution in [0, 0.1) is 0 Å². The van der Waals surface area contributed by atoms with Crippen molar-refractivity contribution in [2.24, 2.45) is 0 Å². The Labute approximate surface area is 182 Å².